The van der Waals surface area contributed by atoms with Crippen molar-refractivity contribution in [3.05, 3.63) is 53.3 Å². The van der Waals surface area contributed by atoms with Crippen molar-refractivity contribution in [2.75, 3.05) is 7.11 Å². The van der Waals surface area contributed by atoms with E-state index in [0.717, 1.165) is 34.2 Å². The van der Waals surface area contributed by atoms with E-state index in [2.05, 4.69) is 50.1 Å². The highest BCUT2D eigenvalue weighted by Crippen LogP contribution is 2.29. The van der Waals surface area contributed by atoms with Gasteiger partial charge in [0, 0.05) is 23.9 Å². The first kappa shape index (κ1) is 22.6. The molecule has 0 saturated carbocycles. The molecule has 2 rings (SSSR count). The Balaban J connectivity index is 2.36. The number of nitrogens with zero attached hydrogens (tertiary/aromatic N) is 1. The molecule has 0 aliphatic carbocycles. The van der Waals surface area contributed by atoms with Crippen LogP contribution in [0.4, 0.5) is 0 Å². The lowest BCUT2D eigenvalue weighted by Gasteiger charge is -2.22. The molecule has 1 heterocycles. The number of benzene rings is 1. The maximum atomic E-state index is 12.7. The summed E-state index contributed by atoms with van der Waals surface area (Å²) in [5.74, 6) is -0.150. The van der Waals surface area contributed by atoms with Crippen molar-refractivity contribution >= 4 is 11.9 Å². The van der Waals surface area contributed by atoms with E-state index in [9.17, 15) is 9.59 Å². The fourth-order valence-electron chi connectivity index (χ4n) is 3.69. The highest BCUT2D eigenvalue weighted by atomic mass is 16.5. The van der Waals surface area contributed by atoms with E-state index in [1.165, 1.54) is 7.11 Å². The second kappa shape index (κ2) is 10.2. The van der Waals surface area contributed by atoms with E-state index < -0.39 is 6.04 Å². The average molecular weight is 397 g/mol. The first-order valence-electron chi connectivity index (χ1n) is 10.1. The highest BCUT2D eigenvalue weighted by Gasteiger charge is 2.23. The Labute approximate surface area is 173 Å². The fraction of sp³-hybridized carbons (Fsp3) is 0.458. The summed E-state index contributed by atoms with van der Waals surface area (Å²) in [5, 5.41) is 3.03. The predicted octanol–water partition coefficient (Wildman–Crippen LogP) is 4.77. The summed E-state index contributed by atoms with van der Waals surface area (Å²) >= 11 is 0. The van der Waals surface area contributed by atoms with Crippen molar-refractivity contribution in [1.82, 2.24) is 10.3 Å². The standard InChI is InChI=1S/C24H32N2O3/c1-15(2)10-18(5)24(28)26-21(12-22(27)29-6)19-11-20(14-25-13-19)23-16(3)8-7-9-17(23)4/h7-9,11,13-15,18,21H,10,12H2,1-6H3,(H,26,28)/t18-,21+/m1/s1. The van der Waals surface area contributed by atoms with Crippen LogP contribution in [-0.4, -0.2) is 24.0 Å². The van der Waals surface area contributed by atoms with Crippen LogP contribution in [0.2, 0.25) is 0 Å². The van der Waals surface area contributed by atoms with Crippen molar-refractivity contribution < 1.29 is 14.3 Å². The lowest BCUT2D eigenvalue weighted by atomic mass is 9.94. The largest absolute Gasteiger partial charge is 0.469 e. The molecule has 29 heavy (non-hydrogen) atoms. The van der Waals surface area contributed by atoms with Gasteiger partial charge in [-0.05, 0) is 54.5 Å². The van der Waals surface area contributed by atoms with E-state index in [1.54, 1.807) is 6.20 Å². The van der Waals surface area contributed by atoms with Gasteiger partial charge >= 0.3 is 5.97 Å². The van der Waals surface area contributed by atoms with Gasteiger partial charge in [-0.25, -0.2) is 0 Å². The molecular weight excluding hydrogens is 364 g/mol. The Hall–Kier alpha value is -2.69. The monoisotopic (exact) mass is 396 g/mol. The number of aromatic nitrogens is 1. The summed E-state index contributed by atoms with van der Waals surface area (Å²) in [4.78, 5) is 29.1. The molecule has 5 nitrogen and oxygen atoms in total. The molecule has 0 saturated heterocycles. The van der Waals surface area contributed by atoms with Gasteiger partial charge in [-0.1, -0.05) is 39.0 Å². The third-order valence-electron chi connectivity index (χ3n) is 5.12. The third kappa shape index (κ3) is 6.14. The van der Waals surface area contributed by atoms with E-state index in [4.69, 9.17) is 4.74 Å². The maximum absolute atomic E-state index is 12.7. The lowest BCUT2D eigenvalue weighted by Crippen LogP contribution is -2.34. The molecule has 2 aromatic rings. The van der Waals surface area contributed by atoms with Gasteiger partial charge in [0.15, 0.2) is 0 Å². The Morgan fingerprint density at radius 1 is 1.10 bits per heavy atom. The van der Waals surface area contributed by atoms with Gasteiger partial charge in [0.05, 0.1) is 19.6 Å². The number of hydrogen-bond acceptors (Lipinski definition) is 4. The van der Waals surface area contributed by atoms with Crippen molar-refractivity contribution in [1.29, 1.82) is 0 Å². The molecule has 0 radical (unpaired) electrons. The number of methoxy groups -OCH3 is 1. The Kier molecular flexibility index (Phi) is 7.94. The average Bonchev–Trinajstić information content (AvgIpc) is 2.66. The SMILES string of the molecule is COC(=O)C[C@H](NC(=O)[C@H](C)CC(C)C)c1cncc(-c2c(C)cccc2C)c1. The van der Waals surface area contributed by atoms with Crippen LogP contribution >= 0.6 is 0 Å². The van der Waals surface area contributed by atoms with E-state index in [-0.39, 0.29) is 24.2 Å². The number of rotatable bonds is 8. The fourth-order valence-corrected chi connectivity index (χ4v) is 3.69. The van der Waals surface area contributed by atoms with Gasteiger partial charge in [-0.15, -0.1) is 0 Å². The maximum Gasteiger partial charge on any atom is 0.307 e. The van der Waals surface area contributed by atoms with Crippen LogP contribution in [-0.2, 0) is 14.3 Å². The quantitative estimate of drug-likeness (QED) is 0.653. The smallest absolute Gasteiger partial charge is 0.307 e. The van der Waals surface area contributed by atoms with Crippen molar-refractivity contribution in [3.8, 4) is 11.1 Å². The zero-order valence-electron chi connectivity index (χ0n) is 18.3. The summed E-state index contributed by atoms with van der Waals surface area (Å²) in [6, 6.07) is 7.68. The van der Waals surface area contributed by atoms with Crippen LogP contribution in [0, 0.1) is 25.7 Å². The Bertz CT molecular complexity index is 841. The predicted molar refractivity (Wildman–Crippen MR) is 115 cm³/mol. The van der Waals surface area contributed by atoms with Gasteiger partial charge < -0.3 is 10.1 Å². The number of carbonyl (C=O) groups is 2. The molecule has 0 fully saturated rings. The van der Waals surface area contributed by atoms with Crippen LogP contribution in [0.3, 0.4) is 0 Å². The molecule has 1 amide bonds. The number of amides is 1. The number of nitrogens with one attached hydrogen (secondary N) is 1. The van der Waals surface area contributed by atoms with Crippen LogP contribution in [0.15, 0.2) is 36.7 Å². The summed E-state index contributed by atoms with van der Waals surface area (Å²) in [7, 11) is 1.36. The van der Waals surface area contributed by atoms with Gasteiger partial charge in [0.2, 0.25) is 5.91 Å². The van der Waals surface area contributed by atoms with E-state index in [0.29, 0.717) is 5.92 Å². The molecule has 5 heteroatoms. The molecule has 0 unspecified atom stereocenters. The zero-order chi connectivity index (χ0) is 21.6. The molecule has 156 valence electrons. The minimum absolute atomic E-state index is 0.0640. The Morgan fingerprint density at radius 2 is 1.76 bits per heavy atom. The number of ether oxygens (including phenoxy) is 1. The van der Waals surface area contributed by atoms with Crippen LogP contribution in [0.1, 0.15) is 56.3 Å². The van der Waals surface area contributed by atoms with Crippen LogP contribution < -0.4 is 5.32 Å². The number of aryl methyl sites for hydroxylation is 2. The molecule has 2 atom stereocenters. The molecule has 1 N–H and O–H groups in total. The molecule has 1 aromatic carbocycles. The second-order valence-electron chi connectivity index (χ2n) is 8.15. The van der Waals surface area contributed by atoms with Gasteiger partial charge in [-0.3, -0.25) is 14.6 Å². The Morgan fingerprint density at radius 3 is 2.34 bits per heavy atom. The second-order valence-corrected chi connectivity index (χ2v) is 8.15. The summed E-state index contributed by atoms with van der Waals surface area (Å²) in [6.45, 7) is 10.2. The number of esters is 1. The van der Waals surface area contributed by atoms with Crippen LogP contribution in [0.5, 0.6) is 0 Å². The van der Waals surface area contributed by atoms with Gasteiger partial charge in [0.1, 0.15) is 0 Å². The van der Waals surface area contributed by atoms with Crippen molar-refractivity contribution in [2.24, 2.45) is 11.8 Å². The normalized spacial score (nSPS) is 13.1. The molecule has 0 aliphatic heterocycles. The van der Waals surface area contributed by atoms with Crippen molar-refractivity contribution in [3.63, 3.8) is 0 Å². The zero-order valence-corrected chi connectivity index (χ0v) is 18.3. The first-order chi connectivity index (χ1) is 13.7. The molecule has 0 aliphatic rings. The topological polar surface area (TPSA) is 68.3 Å². The van der Waals surface area contributed by atoms with E-state index in [1.807, 2.05) is 25.3 Å². The van der Waals surface area contributed by atoms with E-state index >= 15 is 0 Å². The van der Waals surface area contributed by atoms with Gasteiger partial charge in [-0.2, -0.15) is 0 Å². The minimum Gasteiger partial charge on any atom is -0.469 e. The van der Waals surface area contributed by atoms with Crippen LogP contribution in [0.25, 0.3) is 11.1 Å². The molecule has 1 aromatic heterocycles. The highest BCUT2D eigenvalue weighted by molar-refractivity contribution is 5.80. The molecule has 0 spiro atoms. The first-order valence-corrected chi connectivity index (χ1v) is 10.1. The van der Waals surface area contributed by atoms with Crippen molar-refractivity contribution in [2.45, 2.75) is 53.5 Å². The van der Waals surface area contributed by atoms with Gasteiger partial charge in [0.25, 0.3) is 0 Å². The summed E-state index contributed by atoms with van der Waals surface area (Å²) < 4.78 is 4.85. The number of carbonyl (C=O) groups excluding carboxylic acids is 2. The number of pyridine rings is 1. The minimum atomic E-state index is -0.485. The third-order valence-corrected chi connectivity index (χ3v) is 5.12. The molecule has 0 bridgehead atoms. The number of hydrogen-bond donors (Lipinski definition) is 1. The summed E-state index contributed by atoms with van der Waals surface area (Å²) in [5.41, 5.74) is 5.20. The lowest BCUT2D eigenvalue weighted by molar-refractivity contribution is -0.141. The summed E-state index contributed by atoms with van der Waals surface area (Å²) in [6.07, 6.45) is 4.38. The molecular formula is C24H32N2O3.